The molecule has 0 aliphatic heterocycles. The summed E-state index contributed by atoms with van der Waals surface area (Å²) in [4.78, 5) is 0. The predicted molar refractivity (Wildman–Crippen MR) is 23.7 cm³/mol. The van der Waals surface area contributed by atoms with Crippen molar-refractivity contribution in [2.75, 3.05) is 0 Å². The second-order valence-electron chi connectivity index (χ2n) is 0.718. The molecule has 0 N–H and O–H groups in total. The predicted octanol–water partition coefficient (Wildman–Crippen LogP) is 1.55. The Morgan fingerprint density at radius 2 is 2.00 bits per heavy atom. The molecular weight excluding hydrogens is 241 g/mol. The average molecular weight is 248 g/mol. The van der Waals surface area contributed by atoms with Gasteiger partial charge in [-0.1, -0.05) is 6.92 Å². The number of hydrogen-bond acceptors (Lipinski definition) is 0. The molecular formula is C5H7Ta-. The largest absolute Gasteiger partial charge is 0.293 e. The van der Waals surface area contributed by atoms with Crippen molar-refractivity contribution >= 4 is 0 Å². The maximum Gasteiger partial charge on any atom is 0 e. The van der Waals surface area contributed by atoms with Crippen LogP contribution in [0.4, 0.5) is 0 Å². The summed E-state index contributed by atoms with van der Waals surface area (Å²) in [6, 6.07) is 0. The van der Waals surface area contributed by atoms with E-state index in [4.69, 9.17) is 6.58 Å². The van der Waals surface area contributed by atoms with Crippen molar-refractivity contribution in [3.8, 4) is 0 Å². The first kappa shape index (κ1) is 9.52. The summed E-state index contributed by atoms with van der Waals surface area (Å²) in [6.07, 6.45) is 5.15. The summed E-state index contributed by atoms with van der Waals surface area (Å²) in [5, 5.41) is 0. The zero-order valence-corrected chi connectivity index (χ0v) is 6.97. The van der Waals surface area contributed by atoms with Crippen molar-refractivity contribution in [1.29, 1.82) is 0 Å². The van der Waals surface area contributed by atoms with Gasteiger partial charge in [0, 0.05) is 22.4 Å². The van der Waals surface area contributed by atoms with Gasteiger partial charge in [0.25, 0.3) is 0 Å². The monoisotopic (exact) mass is 248 g/mol. The molecule has 0 bridgehead atoms. The quantitative estimate of drug-likeness (QED) is 0.488. The van der Waals surface area contributed by atoms with Crippen LogP contribution in [0.3, 0.4) is 0 Å². The van der Waals surface area contributed by atoms with E-state index < -0.39 is 0 Å². The first-order chi connectivity index (χ1) is 2.41. The standard InChI is InChI=1S/C5H7.Ta/c1-3-5-4-2;/h1,3-5H,2H3;/q-1;. The molecule has 0 fully saturated rings. The van der Waals surface area contributed by atoms with Gasteiger partial charge in [-0.15, -0.1) is 0 Å². The Bertz CT molecular complexity index is 45.9. The van der Waals surface area contributed by atoms with Crippen molar-refractivity contribution in [3.63, 3.8) is 0 Å². The molecule has 0 aromatic carbocycles. The zero-order valence-electron chi connectivity index (χ0n) is 3.76. The van der Waals surface area contributed by atoms with Crippen molar-refractivity contribution in [3.05, 3.63) is 24.8 Å². The summed E-state index contributed by atoms with van der Waals surface area (Å²) < 4.78 is 0. The topological polar surface area (TPSA) is 0 Å². The van der Waals surface area contributed by atoms with Crippen LogP contribution in [0.25, 0.3) is 0 Å². The molecule has 0 unspecified atom stereocenters. The van der Waals surface area contributed by atoms with E-state index in [1.807, 2.05) is 13.0 Å². The fourth-order valence-corrected chi connectivity index (χ4v) is 0.111. The van der Waals surface area contributed by atoms with E-state index in [-0.39, 0.29) is 22.4 Å². The minimum atomic E-state index is 0. The van der Waals surface area contributed by atoms with Crippen LogP contribution in [0.1, 0.15) is 6.92 Å². The Kier molecular flexibility index (Phi) is 14.2. The van der Waals surface area contributed by atoms with Gasteiger partial charge in [-0.05, 0) is 0 Å². The molecule has 6 heavy (non-hydrogen) atoms. The zero-order chi connectivity index (χ0) is 4.12. The number of hydrogen-bond donors (Lipinski definition) is 0. The van der Waals surface area contributed by atoms with Gasteiger partial charge >= 0.3 is 0 Å². The molecule has 0 rings (SSSR count). The van der Waals surface area contributed by atoms with Crippen LogP contribution in [0.15, 0.2) is 18.2 Å². The molecule has 0 amide bonds. The first-order valence-electron chi connectivity index (χ1n) is 1.58. The molecule has 0 atom stereocenters. The normalized spacial score (nSPS) is 7.50. The third-order valence-electron chi connectivity index (χ3n) is 0.304. The molecule has 33 valence electrons. The van der Waals surface area contributed by atoms with Gasteiger partial charge in [0.1, 0.15) is 0 Å². The number of rotatable bonds is 1. The van der Waals surface area contributed by atoms with E-state index in [1.165, 1.54) is 6.08 Å². The van der Waals surface area contributed by atoms with Crippen molar-refractivity contribution in [2.45, 2.75) is 6.92 Å². The smallest absolute Gasteiger partial charge is 0 e. The van der Waals surface area contributed by atoms with Crippen LogP contribution < -0.4 is 0 Å². The van der Waals surface area contributed by atoms with E-state index in [9.17, 15) is 0 Å². The molecule has 1 radical (unpaired) electrons. The SMILES string of the molecule is [CH-]=CC=CC.[Ta]. The Labute approximate surface area is 54.5 Å². The minimum absolute atomic E-state index is 0. The molecule has 0 heterocycles. The van der Waals surface area contributed by atoms with Crippen LogP contribution in [0, 0.1) is 6.58 Å². The summed E-state index contributed by atoms with van der Waals surface area (Å²) in [7, 11) is 0. The summed E-state index contributed by atoms with van der Waals surface area (Å²) >= 11 is 0. The first-order valence-corrected chi connectivity index (χ1v) is 1.58. The van der Waals surface area contributed by atoms with Gasteiger partial charge in [0.15, 0.2) is 0 Å². The van der Waals surface area contributed by atoms with E-state index in [0.29, 0.717) is 0 Å². The Balaban J connectivity index is 0. The molecule has 1 heteroatoms. The second kappa shape index (κ2) is 8.97. The Hall–Kier alpha value is 0.220. The molecule has 0 saturated heterocycles. The Morgan fingerprint density at radius 3 is 2.00 bits per heavy atom. The maximum absolute atomic E-state index is 4.93. The van der Waals surface area contributed by atoms with Crippen molar-refractivity contribution in [1.82, 2.24) is 0 Å². The van der Waals surface area contributed by atoms with Gasteiger partial charge in [0.05, 0.1) is 0 Å². The third kappa shape index (κ3) is 8.88. The summed E-state index contributed by atoms with van der Waals surface area (Å²) in [5.41, 5.74) is 0. The van der Waals surface area contributed by atoms with Crippen LogP contribution in [-0.4, -0.2) is 0 Å². The summed E-state index contributed by atoms with van der Waals surface area (Å²) in [6.45, 7) is 6.85. The third-order valence-corrected chi connectivity index (χ3v) is 0.304. The molecule has 0 aromatic rings. The number of allylic oxidation sites excluding steroid dienone is 3. The average Bonchev–Trinajstić information content (AvgIpc) is 1.41. The van der Waals surface area contributed by atoms with Crippen molar-refractivity contribution < 1.29 is 22.4 Å². The van der Waals surface area contributed by atoms with Crippen LogP contribution >= 0.6 is 0 Å². The van der Waals surface area contributed by atoms with E-state index >= 15 is 0 Å². The Morgan fingerprint density at radius 1 is 1.50 bits per heavy atom. The molecule has 0 nitrogen and oxygen atoms in total. The fraction of sp³-hybridized carbons (Fsp3) is 0.200. The van der Waals surface area contributed by atoms with Gasteiger partial charge in [-0.25, -0.2) is 12.2 Å². The minimum Gasteiger partial charge on any atom is -0.293 e. The molecule has 0 aliphatic rings. The second-order valence-corrected chi connectivity index (χ2v) is 0.718. The van der Waals surface area contributed by atoms with Crippen LogP contribution in [-0.2, 0) is 22.4 Å². The molecule has 0 aliphatic carbocycles. The van der Waals surface area contributed by atoms with Crippen LogP contribution in [0.5, 0.6) is 0 Å². The van der Waals surface area contributed by atoms with E-state index in [0.717, 1.165) is 0 Å². The molecule has 0 saturated carbocycles. The molecule has 0 aromatic heterocycles. The van der Waals surface area contributed by atoms with Crippen molar-refractivity contribution in [2.24, 2.45) is 0 Å². The maximum atomic E-state index is 4.93. The van der Waals surface area contributed by atoms with Gasteiger partial charge in [0.2, 0.25) is 0 Å². The van der Waals surface area contributed by atoms with E-state index in [2.05, 4.69) is 0 Å². The van der Waals surface area contributed by atoms with Crippen LogP contribution in [0.2, 0.25) is 0 Å². The van der Waals surface area contributed by atoms with Gasteiger partial charge < -0.3 is 0 Å². The summed E-state index contributed by atoms with van der Waals surface area (Å²) in [5.74, 6) is 0. The molecule has 0 spiro atoms. The fourth-order valence-electron chi connectivity index (χ4n) is 0.111. The van der Waals surface area contributed by atoms with E-state index in [1.54, 1.807) is 6.08 Å². The van der Waals surface area contributed by atoms with Gasteiger partial charge in [-0.3, -0.25) is 6.58 Å². The van der Waals surface area contributed by atoms with Gasteiger partial charge in [-0.2, -0.15) is 6.08 Å².